The van der Waals surface area contributed by atoms with E-state index in [4.69, 9.17) is 16.9 Å². The molecule has 0 atom stereocenters. The summed E-state index contributed by atoms with van der Waals surface area (Å²) in [5.41, 5.74) is 3.05. The van der Waals surface area contributed by atoms with Gasteiger partial charge in [0.1, 0.15) is 5.82 Å². The highest BCUT2D eigenvalue weighted by molar-refractivity contribution is 6.30. The topological polar surface area (TPSA) is 41.6 Å². The van der Waals surface area contributed by atoms with E-state index < -0.39 is 0 Å². The van der Waals surface area contributed by atoms with Crippen molar-refractivity contribution in [1.29, 1.82) is 5.26 Å². The maximum atomic E-state index is 8.96. The van der Waals surface area contributed by atoms with Crippen molar-refractivity contribution < 1.29 is 0 Å². The van der Waals surface area contributed by atoms with Gasteiger partial charge in [-0.1, -0.05) is 35.9 Å². The van der Waals surface area contributed by atoms with Crippen LogP contribution in [0, 0.1) is 11.3 Å². The number of nitrogens with zero attached hydrogens (tertiary/aromatic N) is 3. The molecular weight excluding hydrogens is 270 g/mol. The van der Waals surface area contributed by atoms with Crippen LogP contribution in [0.1, 0.15) is 11.4 Å². The summed E-state index contributed by atoms with van der Waals surface area (Å²) in [7, 11) is 0. The Morgan fingerprint density at radius 2 is 2.00 bits per heavy atom. The van der Waals surface area contributed by atoms with Crippen LogP contribution in [-0.4, -0.2) is 9.55 Å². The molecule has 3 nitrogen and oxygen atoms in total. The van der Waals surface area contributed by atoms with Crippen molar-refractivity contribution in [1.82, 2.24) is 9.55 Å². The Balaban J connectivity index is 2.09. The molecule has 0 saturated carbocycles. The molecule has 0 radical (unpaired) electrons. The molecule has 0 spiro atoms. The fraction of sp³-hybridized carbons (Fsp3) is 0.125. The molecule has 0 unspecified atom stereocenters. The third-order valence-electron chi connectivity index (χ3n) is 3.20. The molecule has 3 rings (SSSR count). The summed E-state index contributed by atoms with van der Waals surface area (Å²) < 4.78 is 2.07. The first-order chi connectivity index (χ1) is 9.78. The van der Waals surface area contributed by atoms with E-state index in [0.29, 0.717) is 18.0 Å². The normalized spacial score (nSPS) is 10.6. The number of hydrogen-bond acceptors (Lipinski definition) is 2. The summed E-state index contributed by atoms with van der Waals surface area (Å²) in [6.45, 7) is 0.665. The smallest absolute Gasteiger partial charge is 0.124 e. The maximum Gasteiger partial charge on any atom is 0.124 e. The summed E-state index contributed by atoms with van der Waals surface area (Å²) in [4.78, 5) is 4.53. The molecule has 0 aliphatic heterocycles. The van der Waals surface area contributed by atoms with Crippen molar-refractivity contribution in [2.45, 2.75) is 13.0 Å². The average Bonchev–Trinajstić information content (AvgIpc) is 2.78. The molecule has 0 fully saturated rings. The number of fused-ring (bicyclic) bond motifs is 1. The highest BCUT2D eigenvalue weighted by atomic mass is 35.5. The minimum atomic E-state index is 0.301. The van der Waals surface area contributed by atoms with Crippen LogP contribution in [0.2, 0.25) is 5.02 Å². The second-order valence-corrected chi connectivity index (χ2v) is 5.00. The van der Waals surface area contributed by atoms with Crippen molar-refractivity contribution >= 4 is 22.6 Å². The van der Waals surface area contributed by atoms with Crippen LogP contribution in [-0.2, 0) is 13.0 Å². The Morgan fingerprint density at radius 3 is 2.80 bits per heavy atom. The third-order valence-corrected chi connectivity index (χ3v) is 3.44. The first kappa shape index (κ1) is 12.7. The highest BCUT2D eigenvalue weighted by Crippen LogP contribution is 2.19. The molecule has 3 aromatic rings. The molecule has 0 aliphatic rings. The second kappa shape index (κ2) is 5.36. The molecular formula is C16H12ClN3. The second-order valence-electron chi connectivity index (χ2n) is 4.57. The first-order valence-electron chi connectivity index (χ1n) is 6.33. The zero-order valence-electron chi connectivity index (χ0n) is 10.8. The minimum Gasteiger partial charge on any atom is -0.323 e. The number of para-hydroxylation sites is 2. The van der Waals surface area contributed by atoms with Gasteiger partial charge in [0.15, 0.2) is 0 Å². The Morgan fingerprint density at radius 1 is 1.15 bits per heavy atom. The highest BCUT2D eigenvalue weighted by Gasteiger charge is 2.10. The fourth-order valence-corrected chi connectivity index (χ4v) is 2.54. The number of aromatic nitrogens is 2. The lowest BCUT2D eigenvalue weighted by Crippen LogP contribution is -2.04. The van der Waals surface area contributed by atoms with Gasteiger partial charge in [-0.3, -0.25) is 0 Å². The fourth-order valence-electron chi connectivity index (χ4n) is 2.33. The van der Waals surface area contributed by atoms with Gasteiger partial charge in [-0.2, -0.15) is 5.26 Å². The quantitative estimate of drug-likeness (QED) is 0.733. The zero-order valence-corrected chi connectivity index (χ0v) is 11.5. The summed E-state index contributed by atoms with van der Waals surface area (Å²) in [6, 6.07) is 17.8. The summed E-state index contributed by atoms with van der Waals surface area (Å²) in [5.74, 6) is 0.786. The van der Waals surface area contributed by atoms with Gasteiger partial charge < -0.3 is 4.57 Å². The summed E-state index contributed by atoms with van der Waals surface area (Å²) in [6.07, 6.45) is 0.301. The van der Waals surface area contributed by atoms with Crippen molar-refractivity contribution in [3.8, 4) is 6.07 Å². The summed E-state index contributed by atoms with van der Waals surface area (Å²) >= 11 is 6.03. The molecule has 2 aromatic carbocycles. The lowest BCUT2D eigenvalue weighted by atomic mass is 10.2. The van der Waals surface area contributed by atoms with E-state index in [2.05, 4.69) is 15.6 Å². The predicted molar refractivity (Wildman–Crippen MR) is 79.6 cm³/mol. The van der Waals surface area contributed by atoms with Crippen LogP contribution in [0.15, 0.2) is 48.5 Å². The predicted octanol–water partition coefficient (Wildman–Crippen LogP) is 3.80. The van der Waals surface area contributed by atoms with Crippen molar-refractivity contribution in [2.75, 3.05) is 0 Å². The number of imidazole rings is 1. The van der Waals surface area contributed by atoms with Gasteiger partial charge in [-0.05, 0) is 29.8 Å². The SMILES string of the molecule is N#CCc1nc2ccccc2n1Cc1cccc(Cl)c1. The molecule has 0 amide bonds. The van der Waals surface area contributed by atoms with E-state index in [1.165, 1.54) is 0 Å². The number of halogens is 1. The standard InChI is InChI=1S/C16H12ClN3/c17-13-5-3-4-12(10-13)11-20-15-7-2-1-6-14(15)19-16(20)8-9-18/h1-7,10H,8,11H2. The van der Waals surface area contributed by atoms with E-state index in [-0.39, 0.29) is 0 Å². The molecule has 4 heteroatoms. The van der Waals surface area contributed by atoms with Gasteiger partial charge in [0.05, 0.1) is 23.5 Å². The Hall–Kier alpha value is -2.31. The molecule has 1 heterocycles. The molecule has 0 aliphatic carbocycles. The van der Waals surface area contributed by atoms with Crippen molar-refractivity contribution in [3.05, 3.63) is 64.9 Å². The van der Waals surface area contributed by atoms with Gasteiger partial charge >= 0.3 is 0 Å². The van der Waals surface area contributed by atoms with E-state index in [1.807, 2.05) is 48.5 Å². The monoisotopic (exact) mass is 281 g/mol. The van der Waals surface area contributed by atoms with Crippen LogP contribution < -0.4 is 0 Å². The number of rotatable bonds is 3. The van der Waals surface area contributed by atoms with Crippen LogP contribution >= 0.6 is 11.6 Å². The molecule has 0 saturated heterocycles. The lowest BCUT2D eigenvalue weighted by Gasteiger charge is -2.08. The summed E-state index contributed by atoms with van der Waals surface area (Å²) in [5, 5.41) is 9.67. The molecule has 0 bridgehead atoms. The lowest BCUT2D eigenvalue weighted by molar-refractivity contribution is 0.769. The minimum absolute atomic E-state index is 0.301. The van der Waals surface area contributed by atoms with E-state index >= 15 is 0 Å². The third kappa shape index (κ3) is 2.38. The Labute approximate surface area is 122 Å². The Bertz CT molecular complexity index is 799. The van der Waals surface area contributed by atoms with Gasteiger partial charge in [0, 0.05) is 11.6 Å². The molecule has 98 valence electrons. The molecule has 1 aromatic heterocycles. The van der Waals surface area contributed by atoms with Crippen molar-refractivity contribution in [3.63, 3.8) is 0 Å². The van der Waals surface area contributed by atoms with Gasteiger partial charge in [0.2, 0.25) is 0 Å². The number of nitriles is 1. The largest absolute Gasteiger partial charge is 0.323 e. The van der Waals surface area contributed by atoms with Gasteiger partial charge in [-0.15, -0.1) is 0 Å². The molecule has 0 N–H and O–H groups in total. The maximum absolute atomic E-state index is 8.96. The van der Waals surface area contributed by atoms with Crippen molar-refractivity contribution in [2.24, 2.45) is 0 Å². The van der Waals surface area contributed by atoms with E-state index in [0.717, 1.165) is 22.4 Å². The zero-order chi connectivity index (χ0) is 13.9. The van der Waals surface area contributed by atoms with Gasteiger partial charge in [-0.25, -0.2) is 4.98 Å². The van der Waals surface area contributed by atoms with Gasteiger partial charge in [0.25, 0.3) is 0 Å². The average molecular weight is 282 g/mol. The number of benzene rings is 2. The Kier molecular flexibility index (Phi) is 3.41. The van der Waals surface area contributed by atoms with E-state index in [1.54, 1.807) is 0 Å². The molecule has 20 heavy (non-hydrogen) atoms. The van der Waals surface area contributed by atoms with Crippen LogP contribution in [0.5, 0.6) is 0 Å². The first-order valence-corrected chi connectivity index (χ1v) is 6.71. The van der Waals surface area contributed by atoms with Crippen LogP contribution in [0.25, 0.3) is 11.0 Å². The van der Waals surface area contributed by atoms with Crippen LogP contribution in [0.3, 0.4) is 0 Å². The van der Waals surface area contributed by atoms with Crippen LogP contribution in [0.4, 0.5) is 0 Å². The number of hydrogen-bond donors (Lipinski definition) is 0. The van der Waals surface area contributed by atoms with E-state index in [9.17, 15) is 0 Å².